The summed E-state index contributed by atoms with van der Waals surface area (Å²) < 4.78 is 6.79. The molecule has 0 aliphatic heterocycles. The molecule has 1 aromatic heterocycles. The molecule has 5 rings (SSSR count). The van der Waals surface area contributed by atoms with Crippen LogP contribution in [0.2, 0.25) is 0 Å². The number of Topliss-reactive ketones (excluding diaryl/α,β-unsaturated/α-hetero) is 1. The van der Waals surface area contributed by atoms with Gasteiger partial charge in [-0.05, 0) is 90.3 Å². The highest BCUT2D eigenvalue weighted by Crippen LogP contribution is 2.49. The van der Waals surface area contributed by atoms with E-state index in [1.165, 1.54) is 36.4 Å². The molecular formula is C43H44O9. The van der Waals surface area contributed by atoms with Crippen LogP contribution in [0.4, 0.5) is 0 Å². The predicted octanol–water partition coefficient (Wildman–Crippen LogP) is 7.22. The Bertz CT molecular complexity index is 2350. The van der Waals surface area contributed by atoms with Gasteiger partial charge >= 0.3 is 0 Å². The molecule has 3 unspecified atom stereocenters. The van der Waals surface area contributed by atoms with E-state index in [0.717, 1.165) is 23.3 Å². The summed E-state index contributed by atoms with van der Waals surface area (Å²) in [6.45, 7) is 15.3. The second kappa shape index (κ2) is 14.7. The molecule has 6 N–H and O–H groups in total. The third kappa shape index (κ3) is 7.26. The third-order valence-corrected chi connectivity index (χ3v) is 9.47. The lowest BCUT2D eigenvalue weighted by Crippen LogP contribution is -2.46. The van der Waals surface area contributed by atoms with E-state index in [2.05, 4.69) is 6.58 Å². The van der Waals surface area contributed by atoms with Gasteiger partial charge < -0.3 is 35.1 Å². The smallest absolute Gasteiger partial charge is 0.196 e. The number of rotatable bonds is 8. The Morgan fingerprint density at radius 1 is 0.846 bits per heavy atom. The zero-order chi connectivity index (χ0) is 38.2. The Morgan fingerprint density at radius 3 is 2.00 bits per heavy atom. The van der Waals surface area contributed by atoms with Gasteiger partial charge in [0.15, 0.2) is 11.2 Å². The Kier molecular flexibility index (Phi) is 10.6. The van der Waals surface area contributed by atoms with Gasteiger partial charge in [0.25, 0.3) is 0 Å². The van der Waals surface area contributed by atoms with Crippen molar-refractivity contribution in [2.45, 2.75) is 60.3 Å². The van der Waals surface area contributed by atoms with Crippen molar-refractivity contribution in [1.29, 1.82) is 0 Å². The summed E-state index contributed by atoms with van der Waals surface area (Å²) in [5, 5.41) is 63.6. The molecular weight excluding hydrogens is 660 g/mol. The molecule has 0 saturated carbocycles. The first-order valence-electron chi connectivity index (χ1n) is 16.9. The van der Waals surface area contributed by atoms with Crippen molar-refractivity contribution in [1.82, 2.24) is 0 Å². The van der Waals surface area contributed by atoms with E-state index in [1.54, 1.807) is 26.8 Å². The molecule has 9 nitrogen and oxygen atoms in total. The van der Waals surface area contributed by atoms with Crippen molar-refractivity contribution >= 4 is 16.9 Å². The largest absolute Gasteiger partial charge is 0.508 e. The van der Waals surface area contributed by atoms with Crippen molar-refractivity contribution in [2.24, 2.45) is 11.8 Å². The van der Waals surface area contributed by atoms with Gasteiger partial charge in [-0.1, -0.05) is 47.1 Å². The Hall–Kier alpha value is -5.96. The van der Waals surface area contributed by atoms with Gasteiger partial charge in [-0.2, -0.15) is 0 Å². The van der Waals surface area contributed by atoms with E-state index in [4.69, 9.17) is 4.42 Å². The number of benzene rings is 3. The summed E-state index contributed by atoms with van der Waals surface area (Å²) in [6.07, 6.45) is 4.31. The molecule has 52 heavy (non-hydrogen) atoms. The Labute approximate surface area is 301 Å². The first-order valence-corrected chi connectivity index (χ1v) is 16.9. The summed E-state index contributed by atoms with van der Waals surface area (Å²) in [5.74, 6) is -4.49. The van der Waals surface area contributed by atoms with Gasteiger partial charge in [-0.25, -0.2) is 0 Å². The van der Waals surface area contributed by atoms with Gasteiger partial charge in [0.05, 0.1) is 16.3 Å². The van der Waals surface area contributed by atoms with Gasteiger partial charge in [-0.3, -0.25) is 9.59 Å². The average molecular weight is 705 g/mol. The molecule has 0 saturated heterocycles. The molecule has 0 amide bonds. The summed E-state index contributed by atoms with van der Waals surface area (Å²) in [4.78, 5) is 29.5. The molecule has 270 valence electrons. The second-order valence-electron chi connectivity index (χ2n) is 14.0. The van der Waals surface area contributed by atoms with Crippen molar-refractivity contribution in [2.75, 3.05) is 0 Å². The standard InChI is InChI=1S/C43H44O9/c1-21(2)8-12-31-41(51)38(23(5)6)43(52-42(31)30-15-11-27(46)20-36(30)49)37(22(3)4)33-17-24(7)16-32(28-13-9-25(44)18-34(28)47)39(33)40(50)29-14-10-26(45)19-35(29)48/h8-11,13-15,17-20,32-33,39,44-49H,3,12,16H2,1-2,4-7H3/b43-37-. The molecule has 0 fully saturated rings. The third-order valence-electron chi connectivity index (χ3n) is 9.47. The molecule has 1 aliphatic carbocycles. The zero-order valence-corrected chi connectivity index (χ0v) is 30.1. The minimum absolute atomic E-state index is 0.0585. The molecule has 1 aliphatic rings. The maximum Gasteiger partial charge on any atom is 0.196 e. The van der Waals surface area contributed by atoms with Crippen LogP contribution in [-0.4, -0.2) is 36.4 Å². The van der Waals surface area contributed by atoms with Gasteiger partial charge in [0, 0.05) is 47.1 Å². The van der Waals surface area contributed by atoms with E-state index >= 15 is 0 Å². The lowest BCUT2D eigenvalue weighted by atomic mass is 9.64. The molecule has 3 aromatic carbocycles. The van der Waals surface area contributed by atoms with Crippen molar-refractivity contribution in [3.63, 3.8) is 0 Å². The molecule has 0 bridgehead atoms. The normalized spacial score (nSPS) is 17.6. The van der Waals surface area contributed by atoms with Gasteiger partial charge in [0.1, 0.15) is 45.7 Å². The van der Waals surface area contributed by atoms with Crippen molar-refractivity contribution in [3.8, 4) is 45.8 Å². The SMILES string of the molecule is C=C(C)/C(=c1/oc(-c2ccc(O)cc2O)c(CC=C(C)C)c(=O)c1=C(C)C)C1C=C(C)CC(c2ccc(O)cc2O)C1C(=O)c1ccc(O)cc1O. The van der Waals surface area contributed by atoms with Crippen LogP contribution in [0.25, 0.3) is 22.5 Å². The maximum atomic E-state index is 14.8. The van der Waals surface area contributed by atoms with Crippen LogP contribution < -0.4 is 16.1 Å². The quantitative estimate of drug-likeness (QED) is 0.0820. The lowest BCUT2D eigenvalue weighted by Gasteiger charge is -2.38. The Morgan fingerprint density at radius 2 is 1.44 bits per heavy atom. The zero-order valence-electron chi connectivity index (χ0n) is 30.1. The number of ketones is 1. The van der Waals surface area contributed by atoms with Crippen LogP contribution in [0.5, 0.6) is 34.5 Å². The maximum absolute atomic E-state index is 14.8. The van der Waals surface area contributed by atoms with E-state index in [-0.39, 0.29) is 73.7 Å². The topological polar surface area (TPSA) is 169 Å². The van der Waals surface area contributed by atoms with Gasteiger partial charge in [0.2, 0.25) is 0 Å². The number of hydrogen-bond donors (Lipinski definition) is 6. The van der Waals surface area contributed by atoms with Crippen LogP contribution >= 0.6 is 0 Å². The highest BCUT2D eigenvalue weighted by Gasteiger charge is 2.43. The highest BCUT2D eigenvalue weighted by atomic mass is 16.3. The van der Waals surface area contributed by atoms with E-state index in [0.29, 0.717) is 28.7 Å². The number of allylic oxidation sites excluding steroid dienone is 5. The minimum Gasteiger partial charge on any atom is -0.508 e. The fourth-order valence-electron chi connectivity index (χ4n) is 7.13. The fourth-order valence-corrected chi connectivity index (χ4v) is 7.13. The lowest BCUT2D eigenvalue weighted by molar-refractivity contribution is 0.0870. The number of carbonyl (C=O) groups excluding carboxylic acids is 1. The van der Waals surface area contributed by atoms with Crippen LogP contribution in [0.15, 0.2) is 99.3 Å². The Balaban J connectivity index is 1.96. The first-order chi connectivity index (χ1) is 24.5. The number of phenols is 6. The number of aromatic hydroxyl groups is 6. The number of carbonyl (C=O) groups is 1. The second-order valence-corrected chi connectivity index (χ2v) is 14.0. The van der Waals surface area contributed by atoms with E-state index < -0.39 is 29.3 Å². The summed E-state index contributed by atoms with van der Waals surface area (Å²) in [5.41, 5.74) is 3.93. The molecule has 4 aromatic rings. The van der Waals surface area contributed by atoms with Crippen LogP contribution in [0, 0.1) is 11.8 Å². The monoisotopic (exact) mass is 704 g/mol. The number of phenolic OH excluding ortho intramolecular Hbond substituents is 6. The molecule has 1 heterocycles. The van der Waals surface area contributed by atoms with Crippen LogP contribution in [0.3, 0.4) is 0 Å². The van der Waals surface area contributed by atoms with Crippen molar-refractivity contribution in [3.05, 3.63) is 128 Å². The predicted molar refractivity (Wildman–Crippen MR) is 201 cm³/mol. The molecule has 3 atom stereocenters. The number of hydrogen-bond acceptors (Lipinski definition) is 9. The molecule has 0 spiro atoms. The first kappa shape index (κ1) is 37.3. The summed E-state index contributed by atoms with van der Waals surface area (Å²) in [6, 6.07) is 11.9. The summed E-state index contributed by atoms with van der Waals surface area (Å²) >= 11 is 0. The van der Waals surface area contributed by atoms with E-state index in [9.17, 15) is 40.2 Å². The van der Waals surface area contributed by atoms with Crippen LogP contribution in [-0.2, 0) is 6.42 Å². The highest BCUT2D eigenvalue weighted by molar-refractivity contribution is 6.02. The fraction of sp³-hybridized carbons (Fsp3) is 0.256. The average Bonchev–Trinajstić information content (AvgIpc) is 3.03. The van der Waals surface area contributed by atoms with Gasteiger partial charge in [-0.15, -0.1) is 0 Å². The minimum atomic E-state index is -1.02. The molecule has 0 radical (unpaired) electrons. The summed E-state index contributed by atoms with van der Waals surface area (Å²) in [7, 11) is 0. The van der Waals surface area contributed by atoms with Crippen molar-refractivity contribution < 1.29 is 39.9 Å². The molecule has 9 heteroatoms. The van der Waals surface area contributed by atoms with Crippen LogP contribution in [0.1, 0.15) is 75.4 Å². The van der Waals surface area contributed by atoms with E-state index in [1.807, 2.05) is 32.9 Å².